The number of aryl methyl sites for hydroxylation is 1. The van der Waals surface area contributed by atoms with E-state index in [-0.39, 0.29) is 10.8 Å². The molecule has 5 nitrogen and oxygen atoms in total. The average Bonchev–Trinajstić information content (AvgIpc) is 2.28. The van der Waals surface area contributed by atoms with Crippen LogP contribution in [0.15, 0.2) is 22.0 Å². The fourth-order valence-corrected chi connectivity index (χ4v) is 3.17. The number of aromatic carboxylic acids is 1. The first-order valence-corrected chi connectivity index (χ1v) is 6.63. The zero-order valence-electron chi connectivity index (χ0n) is 9.97. The van der Waals surface area contributed by atoms with Gasteiger partial charge in [0.15, 0.2) is 0 Å². The molecule has 1 atom stereocenters. The third-order valence-corrected chi connectivity index (χ3v) is 3.99. The maximum atomic E-state index is 11.3. The maximum absolute atomic E-state index is 11.3. The lowest BCUT2D eigenvalue weighted by atomic mass is 10.1. The lowest BCUT2D eigenvalue weighted by molar-refractivity contribution is 0.0690. The Hall–Kier alpha value is -1.56. The minimum absolute atomic E-state index is 0.0959. The van der Waals surface area contributed by atoms with Crippen LogP contribution < -0.4 is 5.69 Å². The van der Waals surface area contributed by atoms with Crippen LogP contribution in [0.3, 0.4) is 0 Å². The number of nitrogens with zero attached hydrogens (tertiary/aromatic N) is 1. The number of hydrogen-bond acceptors (Lipinski definition) is 4. The van der Waals surface area contributed by atoms with Gasteiger partial charge >= 0.3 is 11.7 Å². The summed E-state index contributed by atoms with van der Waals surface area (Å²) in [5.41, 5.74) is -0.0526. The van der Waals surface area contributed by atoms with Crippen LogP contribution in [0.2, 0.25) is 0 Å². The van der Waals surface area contributed by atoms with Gasteiger partial charge in [0.1, 0.15) is 10.6 Å². The summed E-state index contributed by atoms with van der Waals surface area (Å²) < 4.78 is 0. The number of H-pyrrole nitrogens is 1. The van der Waals surface area contributed by atoms with Crippen LogP contribution in [-0.4, -0.2) is 26.3 Å². The second kappa shape index (κ2) is 5.39. The average molecular weight is 266 g/mol. The first kappa shape index (κ1) is 12.9. The standard InChI is InChI=1S/C12H14N2O3S/c1-7-9(11(15)16)10(14-12(17)13-7)18-8-5-3-2-4-6-8/h3,5,8H,2,4,6H2,1H3,(H,15,16)(H,13,14,17). The molecule has 1 aromatic rings. The van der Waals surface area contributed by atoms with Gasteiger partial charge < -0.3 is 10.1 Å². The van der Waals surface area contributed by atoms with Crippen molar-refractivity contribution in [2.24, 2.45) is 0 Å². The molecule has 0 saturated carbocycles. The summed E-state index contributed by atoms with van der Waals surface area (Å²) in [6.45, 7) is 1.58. The molecule has 18 heavy (non-hydrogen) atoms. The zero-order valence-corrected chi connectivity index (χ0v) is 10.8. The molecule has 0 amide bonds. The molecule has 1 aromatic heterocycles. The Morgan fingerprint density at radius 2 is 2.39 bits per heavy atom. The molecule has 96 valence electrons. The number of rotatable bonds is 3. The van der Waals surface area contributed by atoms with Gasteiger partial charge in [-0.15, -0.1) is 0 Å². The predicted octanol–water partition coefficient (Wildman–Crippen LogP) is 1.98. The van der Waals surface area contributed by atoms with Crippen LogP contribution in [0, 0.1) is 6.92 Å². The monoisotopic (exact) mass is 266 g/mol. The number of nitrogens with one attached hydrogen (secondary N) is 1. The van der Waals surface area contributed by atoms with Crippen LogP contribution >= 0.6 is 11.8 Å². The number of allylic oxidation sites excluding steroid dienone is 1. The summed E-state index contributed by atoms with van der Waals surface area (Å²) in [5, 5.41) is 9.68. The van der Waals surface area contributed by atoms with Crippen molar-refractivity contribution >= 4 is 17.7 Å². The van der Waals surface area contributed by atoms with Crippen molar-refractivity contribution in [2.75, 3.05) is 0 Å². The number of carbonyl (C=O) groups is 1. The third kappa shape index (κ3) is 2.81. The zero-order chi connectivity index (χ0) is 13.1. The minimum Gasteiger partial charge on any atom is -0.478 e. The second-order valence-electron chi connectivity index (χ2n) is 4.17. The van der Waals surface area contributed by atoms with Crippen LogP contribution in [-0.2, 0) is 0 Å². The first-order valence-electron chi connectivity index (χ1n) is 5.75. The Morgan fingerprint density at radius 1 is 1.61 bits per heavy atom. The van der Waals surface area contributed by atoms with E-state index in [0.717, 1.165) is 19.3 Å². The summed E-state index contributed by atoms with van der Waals surface area (Å²) in [4.78, 5) is 28.7. The summed E-state index contributed by atoms with van der Waals surface area (Å²) in [5.74, 6) is -1.06. The molecule has 0 saturated heterocycles. The molecule has 2 N–H and O–H groups in total. The van der Waals surface area contributed by atoms with Gasteiger partial charge in [-0.3, -0.25) is 0 Å². The number of thioether (sulfide) groups is 1. The Balaban J connectivity index is 2.36. The van der Waals surface area contributed by atoms with Crippen molar-refractivity contribution in [3.63, 3.8) is 0 Å². The summed E-state index contributed by atoms with van der Waals surface area (Å²) in [6, 6.07) is 0. The van der Waals surface area contributed by atoms with E-state index < -0.39 is 11.7 Å². The van der Waals surface area contributed by atoms with Crippen LogP contribution in [0.25, 0.3) is 0 Å². The Bertz CT molecular complexity index is 551. The van der Waals surface area contributed by atoms with E-state index in [1.807, 2.05) is 0 Å². The quantitative estimate of drug-likeness (QED) is 0.645. The smallest absolute Gasteiger partial charge is 0.346 e. The van der Waals surface area contributed by atoms with Gasteiger partial charge in [-0.2, -0.15) is 4.98 Å². The highest BCUT2D eigenvalue weighted by atomic mass is 32.2. The highest BCUT2D eigenvalue weighted by molar-refractivity contribution is 8.00. The van der Waals surface area contributed by atoms with Gasteiger partial charge in [-0.1, -0.05) is 23.9 Å². The van der Waals surface area contributed by atoms with Gasteiger partial charge in [0.25, 0.3) is 0 Å². The summed E-state index contributed by atoms with van der Waals surface area (Å²) in [6.07, 6.45) is 7.26. The van der Waals surface area contributed by atoms with E-state index in [4.69, 9.17) is 0 Å². The first-order chi connectivity index (χ1) is 8.58. The molecular formula is C12H14N2O3S. The van der Waals surface area contributed by atoms with Crippen LogP contribution in [0.4, 0.5) is 0 Å². The molecule has 0 spiro atoms. The predicted molar refractivity (Wildman–Crippen MR) is 69.2 cm³/mol. The Morgan fingerprint density at radius 3 is 3.00 bits per heavy atom. The van der Waals surface area contributed by atoms with Crippen LogP contribution in [0.1, 0.15) is 35.3 Å². The Labute approximate surface area is 108 Å². The molecule has 1 heterocycles. The van der Waals surface area contributed by atoms with Crippen molar-refractivity contribution in [1.29, 1.82) is 0 Å². The van der Waals surface area contributed by atoms with E-state index in [1.165, 1.54) is 11.8 Å². The molecule has 0 aliphatic heterocycles. The molecule has 1 aliphatic carbocycles. The molecule has 0 aromatic carbocycles. The normalized spacial score (nSPS) is 18.8. The summed E-state index contributed by atoms with van der Waals surface area (Å²) in [7, 11) is 0. The van der Waals surface area contributed by atoms with Gasteiger partial charge in [0.2, 0.25) is 0 Å². The van der Waals surface area contributed by atoms with E-state index >= 15 is 0 Å². The highest BCUT2D eigenvalue weighted by Gasteiger charge is 2.20. The van der Waals surface area contributed by atoms with Gasteiger partial charge in [0.05, 0.1) is 0 Å². The van der Waals surface area contributed by atoms with Crippen molar-refractivity contribution < 1.29 is 9.90 Å². The van der Waals surface area contributed by atoms with E-state index in [0.29, 0.717) is 10.7 Å². The fourth-order valence-electron chi connectivity index (χ4n) is 1.92. The molecule has 2 rings (SSSR count). The molecule has 0 fully saturated rings. The second-order valence-corrected chi connectivity index (χ2v) is 5.40. The lowest BCUT2D eigenvalue weighted by Crippen LogP contribution is -2.19. The highest BCUT2D eigenvalue weighted by Crippen LogP contribution is 2.31. The third-order valence-electron chi connectivity index (χ3n) is 2.77. The van der Waals surface area contributed by atoms with E-state index in [2.05, 4.69) is 22.1 Å². The lowest BCUT2D eigenvalue weighted by Gasteiger charge is -2.16. The van der Waals surface area contributed by atoms with E-state index in [9.17, 15) is 14.7 Å². The largest absolute Gasteiger partial charge is 0.478 e. The molecule has 1 unspecified atom stereocenters. The minimum atomic E-state index is -1.06. The Kier molecular flexibility index (Phi) is 3.86. The topological polar surface area (TPSA) is 83.0 Å². The molecular weight excluding hydrogens is 252 g/mol. The van der Waals surface area contributed by atoms with Crippen molar-refractivity contribution in [3.8, 4) is 0 Å². The van der Waals surface area contributed by atoms with Gasteiger partial charge in [-0.25, -0.2) is 9.59 Å². The van der Waals surface area contributed by atoms with Crippen LogP contribution in [0.5, 0.6) is 0 Å². The number of carboxylic acid groups (broad SMARTS) is 1. The SMILES string of the molecule is Cc1[nH]c(=O)nc(SC2C=CCCC2)c1C(=O)O. The van der Waals surface area contributed by atoms with Crippen molar-refractivity contribution in [2.45, 2.75) is 36.5 Å². The molecule has 0 bridgehead atoms. The number of carboxylic acids is 1. The maximum Gasteiger partial charge on any atom is 0.346 e. The van der Waals surface area contributed by atoms with Gasteiger partial charge in [0, 0.05) is 10.9 Å². The number of aromatic amines is 1. The van der Waals surface area contributed by atoms with Crippen molar-refractivity contribution in [3.05, 3.63) is 33.9 Å². The summed E-state index contributed by atoms with van der Waals surface area (Å²) >= 11 is 1.35. The van der Waals surface area contributed by atoms with Crippen molar-refractivity contribution in [1.82, 2.24) is 9.97 Å². The molecule has 6 heteroatoms. The fraction of sp³-hybridized carbons (Fsp3) is 0.417. The van der Waals surface area contributed by atoms with E-state index in [1.54, 1.807) is 6.92 Å². The molecule has 0 radical (unpaired) electrons. The number of hydrogen-bond donors (Lipinski definition) is 2. The van der Waals surface area contributed by atoms with Gasteiger partial charge in [-0.05, 0) is 26.2 Å². The number of aromatic nitrogens is 2. The molecule has 1 aliphatic rings.